The van der Waals surface area contributed by atoms with Crippen molar-refractivity contribution in [1.29, 1.82) is 0 Å². The van der Waals surface area contributed by atoms with Gasteiger partial charge in [0.2, 0.25) is 5.91 Å². The number of nitrogens with one attached hydrogen (secondary N) is 1. The van der Waals surface area contributed by atoms with Crippen molar-refractivity contribution < 1.29 is 9.18 Å². The van der Waals surface area contributed by atoms with Crippen LogP contribution >= 0.6 is 0 Å². The van der Waals surface area contributed by atoms with Crippen molar-refractivity contribution in [2.24, 2.45) is 0 Å². The molecular formula is C14H13FN4O. The van der Waals surface area contributed by atoms with Crippen LogP contribution in [0.25, 0.3) is 11.3 Å². The Bertz CT molecular complexity index is 662. The first kappa shape index (κ1) is 12.5. The van der Waals surface area contributed by atoms with Gasteiger partial charge in [-0.15, -0.1) is 5.10 Å². The van der Waals surface area contributed by atoms with Gasteiger partial charge in [-0.1, -0.05) is 11.8 Å². The van der Waals surface area contributed by atoms with Gasteiger partial charge in [0.25, 0.3) is 0 Å². The van der Waals surface area contributed by atoms with Crippen LogP contribution in [-0.2, 0) is 4.79 Å². The fourth-order valence-electron chi connectivity index (χ4n) is 2.24. The molecule has 1 aromatic carbocycles. The molecule has 0 aliphatic carbocycles. The maximum atomic E-state index is 12.9. The first-order valence-corrected chi connectivity index (χ1v) is 6.30. The summed E-state index contributed by atoms with van der Waals surface area (Å²) in [7, 11) is 0. The molecule has 1 N–H and O–H groups in total. The zero-order valence-electron chi connectivity index (χ0n) is 10.7. The van der Waals surface area contributed by atoms with Crippen molar-refractivity contribution in [3.63, 3.8) is 0 Å². The van der Waals surface area contributed by atoms with E-state index in [0.717, 1.165) is 5.56 Å². The van der Waals surface area contributed by atoms with Crippen molar-refractivity contribution in [2.45, 2.75) is 18.9 Å². The summed E-state index contributed by atoms with van der Waals surface area (Å²) in [5, 5.41) is 10.9. The molecule has 1 unspecified atom stereocenters. The van der Waals surface area contributed by atoms with E-state index < -0.39 is 0 Å². The van der Waals surface area contributed by atoms with Gasteiger partial charge in [-0.05, 0) is 30.7 Å². The number of benzene rings is 1. The summed E-state index contributed by atoms with van der Waals surface area (Å²) in [6.07, 6.45) is 2.87. The maximum absolute atomic E-state index is 12.9. The van der Waals surface area contributed by atoms with Crippen molar-refractivity contribution in [2.75, 3.05) is 0 Å². The highest BCUT2D eigenvalue weighted by Crippen LogP contribution is 2.25. The molecule has 2 aromatic rings. The number of piperidine rings is 1. The van der Waals surface area contributed by atoms with Crippen LogP contribution in [0.3, 0.4) is 0 Å². The topological polar surface area (TPSA) is 59.8 Å². The van der Waals surface area contributed by atoms with Crippen LogP contribution in [0.2, 0.25) is 0 Å². The highest BCUT2D eigenvalue weighted by atomic mass is 19.1. The average Bonchev–Trinajstić information content (AvgIpc) is 2.89. The molecule has 0 saturated carbocycles. The Morgan fingerprint density at radius 1 is 1.35 bits per heavy atom. The Kier molecular flexibility index (Phi) is 3.06. The third kappa shape index (κ3) is 2.32. The maximum Gasteiger partial charge on any atom is 0.224 e. The van der Waals surface area contributed by atoms with Crippen LogP contribution in [0.4, 0.5) is 4.39 Å². The molecule has 0 spiro atoms. The van der Waals surface area contributed by atoms with Crippen LogP contribution in [0.5, 0.6) is 0 Å². The second kappa shape index (κ2) is 4.88. The summed E-state index contributed by atoms with van der Waals surface area (Å²) < 4.78 is 14.6. The molecule has 1 saturated heterocycles. The third-order valence-electron chi connectivity index (χ3n) is 3.32. The second-order valence-corrected chi connectivity index (χ2v) is 4.72. The quantitative estimate of drug-likeness (QED) is 0.910. The smallest absolute Gasteiger partial charge is 0.224 e. The highest BCUT2D eigenvalue weighted by molar-refractivity contribution is 5.79. The van der Waals surface area contributed by atoms with Crippen molar-refractivity contribution in [3.8, 4) is 11.3 Å². The molecular weight excluding hydrogens is 259 g/mol. The average molecular weight is 272 g/mol. The van der Waals surface area contributed by atoms with Gasteiger partial charge in [-0.25, -0.2) is 9.07 Å². The summed E-state index contributed by atoms with van der Waals surface area (Å²) in [5.74, 6) is -0.311. The van der Waals surface area contributed by atoms with Crippen LogP contribution in [0.1, 0.15) is 18.9 Å². The number of rotatable bonds is 2. The number of nitrogens with zero attached hydrogens (tertiary/aromatic N) is 3. The Morgan fingerprint density at radius 2 is 2.10 bits per heavy atom. The standard InChI is InChI=1S/C14H13FN4O/c1-9-13(6-7-14(20)16-9)19-8-12(17-18-19)10-2-4-11(15)5-3-10/h2-5,8,13H,1,6-7H2,(H,16,20). The molecule has 5 nitrogen and oxygen atoms in total. The zero-order chi connectivity index (χ0) is 14.1. The minimum absolute atomic E-state index is 0.0230. The van der Waals surface area contributed by atoms with Gasteiger partial charge >= 0.3 is 0 Å². The van der Waals surface area contributed by atoms with E-state index in [-0.39, 0.29) is 17.8 Å². The van der Waals surface area contributed by atoms with Gasteiger partial charge in [0, 0.05) is 17.7 Å². The monoisotopic (exact) mass is 272 g/mol. The van der Waals surface area contributed by atoms with E-state index in [1.165, 1.54) is 12.1 Å². The minimum Gasteiger partial charge on any atom is -0.328 e. The summed E-state index contributed by atoms with van der Waals surface area (Å²) in [4.78, 5) is 11.3. The molecule has 1 aliphatic heterocycles. The van der Waals surface area contributed by atoms with E-state index in [1.807, 2.05) is 0 Å². The Hall–Kier alpha value is -2.50. The van der Waals surface area contributed by atoms with E-state index in [4.69, 9.17) is 0 Å². The molecule has 1 aliphatic rings. The van der Waals surface area contributed by atoms with Crippen molar-refractivity contribution in [3.05, 3.63) is 48.6 Å². The van der Waals surface area contributed by atoms with E-state index in [9.17, 15) is 9.18 Å². The van der Waals surface area contributed by atoms with E-state index in [2.05, 4.69) is 22.2 Å². The molecule has 3 rings (SSSR count). The second-order valence-electron chi connectivity index (χ2n) is 4.72. The normalized spacial score (nSPS) is 18.9. The van der Waals surface area contributed by atoms with Crippen LogP contribution < -0.4 is 5.32 Å². The van der Waals surface area contributed by atoms with Crippen LogP contribution in [0, 0.1) is 5.82 Å². The van der Waals surface area contributed by atoms with Gasteiger partial charge < -0.3 is 5.32 Å². The SMILES string of the molecule is C=C1NC(=O)CCC1n1cc(-c2ccc(F)cc2)nn1. The zero-order valence-corrected chi connectivity index (χ0v) is 10.7. The molecule has 1 fully saturated rings. The number of carbonyl (C=O) groups is 1. The van der Waals surface area contributed by atoms with Gasteiger partial charge in [0.1, 0.15) is 11.5 Å². The molecule has 1 aromatic heterocycles. The summed E-state index contributed by atoms with van der Waals surface area (Å²) in [6, 6.07) is 5.99. The molecule has 0 bridgehead atoms. The van der Waals surface area contributed by atoms with E-state index in [0.29, 0.717) is 24.2 Å². The lowest BCUT2D eigenvalue weighted by Crippen LogP contribution is -2.33. The number of aromatic nitrogens is 3. The van der Waals surface area contributed by atoms with Crippen molar-refractivity contribution in [1.82, 2.24) is 20.3 Å². The fraction of sp³-hybridized carbons (Fsp3) is 0.214. The summed E-state index contributed by atoms with van der Waals surface area (Å²) in [5.41, 5.74) is 2.08. The lowest BCUT2D eigenvalue weighted by Gasteiger charge is -2.24. The highest BCUT2D eigenvalue weighted by Gasteiger charge is 2.24. The molecule has 1 amide bonds. The molecule has 6 heteroatoms. The lowest BCUT2D eigenvalue weighted by molar-refractivity contribution is -0.121. The summed E-state index contributed by atoms with van der Waals surface area (Å²) >= 11 is 0. The molecule has 102 valence electrons. The van der Waals surface area contributed by atoms with E-state index >= 15 is 0 Å². The minimum atomic E-state index is -0.287. The Morgan fingerprint density at radius 3 is 2.80 bits per heavy atom. The van der Waals surface area contributed by atoms with Gasteiger partial charge in [-0.2, -0.15) is 0 Å². The molecule has 1 atom stereocenters. The fourth-order valence-corrected chi connectivity index (χ4v) is 2.24. The molecule has 20 heavy (non-hydrogen) atoms. The Labute approximate surface area is 115 Å². The van der Waals surface area contributed by atoms with Gasteiger partial charge in [-0.3, -0.25) is 4.79 Å². The Balaban J connectivity index is 1.85. The van der Waals surface area contributed by atoms with Crippen LogP contribution in [-0.4, -0.2) is 20.9 Å². The first-order valence-electron chi connectivity index (χ1n) is 6.30. The number of carbonyl (C=O) groups excluding carboxylic acids is 1. The number of allylic oxidation sites excluding steroid dienone is 1. The van der Waals surface area contributed by atoms with Crippen molar-refractivity contribution >= 4 is 5.91 Å². The van der Waals surface area contributed by atoms with Gasteiger partial charge in [0.15, 0.2) is 0 Å². The number of hydrogen-bond donors (Lipinski definition) is 1. The largest absolute Gasteiger partial charge is 0.328 e. The third-order valence-corrected chi connectivity index (χ3v) is 3.32. The number of halogens is 1. The van der Waals surface area contributed by atoms with E-state index in [1.54, 1.807) is 23.0 Å². The molecule has 2 heterocycles. The summed E-state index contributed by atoms with van der Waals surface area (Å²) in [6.45, 7) is 3.85. The van der Waals surface area contributed by atoms with Crippen LogP contribution in [0.15, 0.2) is 42.7 Å². The molecule has 0 radical (unpaired) electrons. The first-order chi connectivity index (χ1) is 9.63. The predicted octanol–water partition coefficient (Wildman–Crippen LogP) is 2.05. The number of amides is 1. The predicted molar refractivity (Wildman–Crippen MR) is 71.0 cm³/mol. The van der Waals surface area contributed by atoms with Gasteiger partial charge in [0.05, 0.1) is 12.2 Å². The number of hydrogen-bond acceptors (Lipinski definition) is 3. The lowest BCUT2D eigenvalue weighted by atomic mass is 10.0.